The number of methoxy groups -OCH3 is 2. The Morgan fingerprint density at radius 1 is 1.38 bits per heavy atom. The lowest BCUT2D eigenvalue weighted by Gasteiger charge is -2.41. The molecule has 1 aliphatic heterocycles. The molecular weight excluding hydrogens is 274 g/mol. The third-order valence-electron chi connectivity index (χ3n) is 4.06. The lowest BCUT2D eigenvalue weighted by molar-refractivity contribution is 0.00377. The number of ether oxygens (including phenoxy) is 2. The van der Waals surface area contributed by atoms with Gasteiger partial charge in [0.05, 0.1) is 13.2 Å². The van der Waals surface area contributed by atoms with Crippen molar-refractivity contribution >= 4 is 0 Å². The molecule has 1 atom stereocenters. The summed E-state index contributed by atoms with van der Waals surface area (Å²) in [5, 5.41) is 13.7. The molecule has 7 heteroatoms. The Morgan fingerprint density at radius 3 is 2.95 bits per heavy atom. The van der Waals surface area contributed by atoms with Gasteiger partial charge >= 0.3 is 0 Å². The molecule has 120 valence electrons. The number of piperidine rings is 1. The van der Waals surface area contributed by atoms with Crippen molar-refractivity contribution in [3.05, 3.63) is 11.7 Å². The molecular formula is C14H25N3O4. The fourth-order valence-electron chi connectivity index (χ4n) is 2.91. The van der Waals surface area contributed by atoms with Crippen molar-refractivity contribution in [1.29, 1.82) is 0 Å². The molecule has 1 N–H and O–H groups in total. The van der Waals surface area contributed by atoms with E-state index in [1.807, 2.05) is 0 Å². The van der Waals surface area contributed by atoms with Crippen LogP contribution in [0.3, 0.4) is 0 Å². The Labute approximate surface area is 125 Å². The van der Waals surface area contributed by atoms with E-state index in [1.54, 1.807) is 14.2 Å². The minimum atomic E-state index is -0.0760. The van der Waals surface area contributed by atoms with Crippen molar-refractivity contribution in [3.8, 4) is 0 Å². The van der Waals surface area contributed by atoms with Crippen LogP contribution in [0.2, 0.25) is 0 Å². The van der Waals surface area contributed by atoms with Crippen molar-refractivity contribution in [2.75, 3.05) is 40.5 Å². The van der Waals surface area contributed by atoms with E-state index in [0.29, 0.717) is 31.5 Å². The van der Waals surface area contributed by atoms with E-state index in [-0.39, 0.29) is 12.0 Å². The minimum absolute atomic E-state index is 0.0760. The predicted octanol–water partition coefficient (Wildman–Crippen LogP) is 0.827. The summed E-state index contributed by atoms with van der Waals surface area (Å²) in [6, 6.07) is 0. The Bertz CT molecular complexity index is 426. The number of likely N-dealkylation sites (tertiary alicyclic amines) is 1. The summed E-state index contributed by atoms with van der Waals surface area (Å²) >= 11 is 0. The first-order chi connectivity index (χ1) is 10.2. The van der Waals surface area contributed by atoms with Crippen LogP contribution in [0.25, 0.3) is 0 Å². The van der Waals surface area contributed by atoms with Crippen LogP contribution in [0.5, 0.6) is 0 Å². The van der Waals surface area contributed by atoms with Gasteiger partial charge in [0.25, 0.3) is 5.89 Å². The molecule has 1 fully saturated rings. The molecule has 1 saturated heterocycles. The molecule has 2 rings (SSSR count). The Hall–Kier alpha value is -1.02. The van der Waals surface area contributed by atoms with Gasteiger partial charge < -0.3 is 19.1 Å². The molecule has 1 aromatic heterocycles. The van der Waals surface area contributed by atoms with Crippen LogP contribution in [-0.2, 0) is 22.6 Å². The van der Waals surface area contributed by atoms with Crippen molar-refractivity contribution < 1.29 is 19.1 Å². The van der Waals surface area contributed by atoms with E-state index in [4.69, 9.17) is 14.0 Å². The third kappa shape index (κ3) is 4.47. The molecule has 0 spiro atoms. The van der Waals surface area contributed by atoms with Gasteiger partial charge in [-0.05, 0) is 25.8 Å². The van der Waals surface area contributed by atoms with Crippen LogP contribution in [0, 0.1) is 5.41 Å². The SMILES string of the molecule is COCC[C@]1(CO)CCCN(Cc2noc(COC)n2)C1. The van der Waals surface area contributed by atoms with Gasteiger partial charge in [-0.2, -0.15) is 4.98 Å². The first-order valence-electron chi connectivity index (χ1n) is 7.34. The summed E-state index contributed by atoms with van der Waals surface area (Å²) < 4.78 is 15.2. The number of rotatable bonds is 8. The number of aliphatic hydroxyl groups excluding tert-OH is 1. The first-order valence-corrected chi connectivity index (χ1v) is 7.34. The average molecular weight is 299 g/mol. The molecule has 7 nitrogen and oxygen atoms in total. The van der Waals surface area contributed by atoms with Gasteiger partial charge in [-0.15, -0.1) is 0 Å². The van der Waals surface area contributed by atoms with E-state index in [0.717, 1.165) is 32.4 Å². The van der Waals surface area contributed by atoms with Crippen LogP contribution >= 0.6 is 0 Å². The summed E-state index contributed by atoms with van der Waals surface area (Å²) in [4.78, 5) is 6.57. The molecule has 0 unspecified atom stereocenters. The monoisotopic (exact) mass is 299 g/mol. The molecule has 0 radical (unpaired) electrons. The molecule has 21 heavy (non-hydrogen) atoms. The van der Waals surface area contributed by atoms with Gasteiger partial charge in [-0.25, -0.2) is 0 Å². The van der Waals surface area contributed by atoms with Gasteiger partial charge in [0.2, 0.25) is 0 Å². The standard InChI is InChI=1S/C14H25N3O4/c1-19-7-5-14(11-18)4-3-6-17(10-14)8-12-15-13(9-20-2)21-16-12/h18H,3-11H2,1-2H3/t14-/m1/s1. The van der Waals surface area contributed by atoms with Crippen molar-refractivity contribution in [2.24, 2.45) is 5.41 Å². The zero-order valence-electron chi connectivity index (χ0n) is 12.9. The van der Waals surface area contributed by atoms with Crippen LogP contribution in [-0.4, -0.2) is 60.7 Å². The minimum Gasteiger partial charge on any atom is -0.396 e. The van der Waals surface area contributed by atoms with Crippen LogP contribution < -0.4 is 0 Å². The zero-order valence-corrected chi connectivity index (χ0v) is 12.9. The molecule has 0 bridgehead atoms. The molecule has 0 aromatic carbocycles. The highest BCUT2D eigenvalue weighted by Gasteiger charge is 2.35. The van der Waals surface area contributed by atoms with E-state index in [1.165, 1.54) is 0 Å². The van der Waals surface area contributed by atoms with Gasteiger partial charge in [0, 0.05) is 32.8 Å². The van der Waals surface area contributed by atoms with Gasteiger partial charge in [-0.3, -0.25) is 4.90 Å². The van der Waals surface area contributed by atoms with Crippen molar-refractivity contribution in [2.45, 2.75) is 32.4 Å². The van der Waals surface area contributed by atoms with Crippen LogP contribution in [0.4, 0.5) is 0 Å². The largest absolute Gasteiger partial charge is 0.396 e. The molecule has 1 aromatic rings. The topological polar surface area (TPSA) is 80.9 Å². The zero-order chi connectivity index (χ0) is 15.1. The van der Waals surface area contributed by atoms with Gasteiger partial charge in [0.1, 0.15) is 6.61 Å². The maximum absolute atomic E-state index is 9.78. The summed E-state index contributed by atoms with van der Waals surface area (Å²) in [5.41, 5.74) is -0.0760. The molecule has 0 amide bonds. The first kappa shape index (κ1) is 16.4. The van der Waals surface area contributed by atoms with Crippen LogP contribution in [0.1, 0.15) is 31.0 Å². The van der Waals surface area contributed by atoms with E-state index < -0.39 is 0 Å². The summed E-state index contributed by atoms with van der Waals surface area (Å²) in [6.07, 6.45) is 2.97. The van der Waals surface area contributed by atoms with Crippen LogP contribution in [0.15, 0.2) is 4.52 Å². The second kappa shape index (κ2) is 7.84. The number of hydrogen-bond acceptors (Lipinski definition) is 7. The van der Waals surface area contributed by atoms with Gasteiger partial charge in [0.15, 0.2) is 5.82 Å². The summed E-state index contributed by atoms with van der Waals surface area (Å²) in [5.74, 6) is 1.17. The van der Waals surface area contributed by atoms with E-state index in [9.17, 15) is 5.11 Å². The number of nitrogens with zero attached hydrogens (tertiary/aromatic N) is 3. The van der Waals surface area contributed by atoms with Crippen molar-refractivity contribution in [3.63, 3.8) is 0 Å². The molecule has 2 heterocycles. The summed E-state index contributed by atoms with van der Waals surface area (Å²) in [7, 11) is 3.29. The quantitative estimate of drug-likeness (QED) is 0.761. The number of aromatic nitrogens is 2. The normalized spacial score (nSPS) is 23.6. The molecule has 0 aliphatic carbocycles. The smallest absolute Gasteiger partial charge is 0.252 e. The predicted molar refractivity (Wildman–Crippen MR) is 75.5 cm³/mol. The number of hydrogen-bond donors (Lipinski definition) is 1. The maximum atomic E-state index is 9.78. The fraction of sp³-hybridized carbons (Fsp3) is 0.857. The molecule has 1 aliphatic rings. The Morgan fingerprint density at radius 2 is 2.24 bits per heavy atom. The Kier molecular flexibility index (Phi) is 6.10. The lowest BCUT2D eigenvalue weighted by Crippen LogP contribution is -2.45. The van der Waals surface area contributed by atoms with Gasteiger partial charge in [-0.1, -0.05) is 5.16 Å². The Balaban J connectivity index is 1.93. The number of aliphatic hydroxyl groups is 1. The fourth-order valence-corrected chi connectivity index (χ4v) is 2.91. The highest BCUT2D eigenvalue weighted by atomic mass is 16.5. The maximum Gasteiger partial charge on any atom is 0.252 e. The molecule has 0 saturated carbocycles. The third-order valence-corrected chi connectivity index (χ3v) is 4.06. The summed E-state index contributed by atoms with van der Waals surface area (Å²) in [6.45, 7) is 3.66. The van der Waals surface area contributed by atoms with Crippen molar-refractivity contribution in [1.82, 2.24) is 15.0 Å². The van der Waals surface area contributed by atoms with E-state index in [2.05, 4.69) is 15.0 Å². The second-order valence-corrected chi connectivity index (χ2v) is 5.75. The average Bonchev–Trinajstić information content (AvgIpc) is 2.93. The lowest BCUT2D eigenvalue weighted by atomic mass is 9.78. The highest BCUT2D eigenvalue weighted by molar-refractivity contribution is 4.91. The second-order valence-electron chi connectivity index (χ2n) is 5.75. The van der Waals surface area contributed by atoms with E-state index >= 15 is 0 Å². The highest BCUT2D eigenvalue weighted by Crippen LogP contribution is 2.33.